The van der Waals surface area contributed by atoms with E-state index in [0.29, 0.717) is 23.7 Å². The fourth-order valence-corrected chi connectivity index (χ4v) is 4.50. The minimum absolute atomic E-state index is 0.0910. The first-order valence-corrected chi connectivity index (χ1v) is 10.6. The highest BCUT2D eigenvalue weighted by molar-refractivity contribution is 7.90. The summed E-state index contributed by atoms with van der Waals surface area (Å²) >= 11 is 0. The number of hydrogen-bond acceptors (Lipinski definition) is 2. The van der Waals surface area contributed by atoms with E-state index in [1.54, 1.807) is 26.8 Å². The molecule has 8 heteroatoms. The molecular formula is C19H25F3N2O2S. The Morgan fingerprint density at radius 2 is 1.67 bits per heavy atom. The molecule has 0 unspecified atom stereocenters. The Hall–Kier alpha value is -1.54. The van der Waals surface area contributed by atoms with Gasteiger partial charge in [0.1, 0.15) is 0 Å². The van der Waals surface area contributed by atoms with Crippen LogP contribution >= 0.6 is 0 Å². The van der Waals surface area contributed by atoms with E-state index >= 15 is 0 Å². The zero-order valence-electron chi connectivity index (χ0n) is 15.7. The average Bonchev–Trinajstić information content (AvgIpc) is 2.96. The van der Waals surface area contributed by atoms with E-state index in [-0.39, 0.29) is 12.0 Å². The third-order valence-corrected chi connectivity index (χ3v) is 7.52. The molecule has 0 radical (unpaired) electrons. The molecular weight excluding hydrogens is 377 g/mol. The minimum atomic E-state index is -4.35. The van der Waals surface area contributed by atoms with E-state index in [0.717, 1.165) is 24.6 Å². The molecule has 1 aromatic carbocycles. The number of halogens is 3. The molecule has 1 heterocycles. The Kier molecular flexibility index (Phi) is 5.10. The largest absolute Gasteiger partial charge is 0.416 e. The topological polar surface area (TPSA) is 62.0 Å². The predicted octanol–water partition coefficient (Wildman–Crippen LogP) is 4.93. The van der Waals surface area contributed by atoms with Crippen LogP contribution in [0.5, 0.6) is 0 Å². The maximum atomic E-state index is 12.9. The minimum Gasteiger partial charge on any atom is -0.358 e. The molecule has 2 aromatic rings. The van der Waals surface area contributed by atoms with Crippen molar-refractivity contribution in [3.05, 3.63) is 35.5 Å². The summed E-state index contributed by atoms with van der Waals surface area (Å²) in [5, 5.41) is 0.551. The average molecular weight is 402 g/mol. The molecule has 0 spiro atoms. The third-order valence-electron chi connectivity index (χ3n) is 5.26. The standard InChI is InChI=1S/C19H25F3N2O2S/c1-18(2,3)27(25,26)24-15-7-4-12(5-8-15)17-11-13-10-14(19(20,21)22)6-9-16(13)23-17/h6,9-12,15,23-24H,4-5,7-8H2,1-3H3. The van der Waals surface area contributed by atoms with Crippen LogP contribution in [0, 0.1) is 0 Å². The van der Waals surface area contributed by atoms with Gasteiger partial charge in [-0.1, -0.05) is 0 Å². The summed E-state index contributed by atoms with van der Waals surface area (Å²) < 4.78 is 65.2. The van der Waals surface area contributed by atoms with E-state index in [9.17, 15) is 21.6 Å². The van der Waals surface area contributed by atoms with Crippen molar-refractivity contribution in [1.29, 1.82) is 0 Å². The molecule has 1 fully saturated rings. The zero-order valence-corrected chi connectivity index (χ0v) is 16.5. The number of H-pyrrole nitrogens is 1. The van der Waals surface area contributed by atoms with Crippen LogP contribution in [0.15, 0.2) is 24.3 Å². The number of aromatic nitrogens is 1. The molecule has 3 rings (SSSR count). The Morgan fingerprint density at radius 1 is 1.04 bits per heavy atom. The fraction of sp³-hybridized carbons (Fsp3) is 0.579. The zero-order chi connectivity index (χ0) is 20.0. The van der Waals surface area contributed by atoms with Gasteiger partial charge in [-0.05, 0) is 76.6 Å². The third kappa shape index (κ3) is 4.32. The molecule has 1 saturated carbocycles. The summed E-state index contributed by atoms with van der Waals surface area (Å²) in [6.45, 7) is 5.00. The predicted molar refractivity (Wildman–Crippen MR) is 100 cm³/mol. The molecule has 150 valence electrons. The summed E-state index contributed by atoms with van der Waals surface area (Å²) in [5.74, 6) is 0.196. The Bertz CT molecular complexity index is 919. The van der Waals surface area contributed by atoms with Gasteiger partial charge in [-0.3, -0.25) is 0 Å². The molecule has 0 bridgehead atoms. The number of aromatic amines is 1. The summed E-state index contributed by atoms with van der Waals surface area (Å²) in [5.41, 5.74) is 0.954. The number of nitrogens with one attached hydrogen (secondary N) is 2. The van der Waals surface area contributed by atoms with Crippen LogP contribution in [0.3, 0.4) is 0 Å². The maximum absolute atomic E-state index is 12.9. The summed E-state index contributed by atoms with van der Waals surface area (Å²) in [4.78, 5) is 3.23. The van der Waals surface area contributed by atoms with Gasteiger partial charge < -0.3 is 4.98 Å². The van der Waals surface area contributed by atoms with Crippen molar-refractivity contribution in [2.45, 2.75) is 69.3 Å². The molecule has 2 N–H and O–H groups in total. The number of sulfonamides is 1. The lowest BCUT2D eigenvalue weighted by Gasteiger charge is -2.31. The van der Waals surface area contributed by atoms with Crippen molar-refractivity contribution in [2.75, 3.05) is 0 Å². The van der Waals surface area contributed by atoms with Crippen LogP contribution in [0.25, 0.3) is 10.9 Å². The summed E-state index contributed by atoms with van der Waals surface area (Å²) in [6, 6.07) is 5.41. The second kappa shape index (κ2) is 6.81. The second-order valence-electron chi connectivity index (χ2n) is 8.31. The Balaban J connectivity index is 1.69. The maximum Gasteiger partial charge on any atom is 0.416 e. The van der Waals surface area contributed by atoms with E-state index in [1.165, 1.54) is 12.1 Å². The van der Waals surface area contributed by atoms with Gasteiger partial charge in [0.25, 0.3) is 0 Å². The van der Waals surface area contributed by atoms with Crippen LogP contribution in [0.2, 0.25) is 0 Å². The summed E-state index contributed by atoms with van der Waals surface area (Å²) in [7, 11) is -3.38. The van der Waals surface area contributed by atoms with Gasteiger partial charge in [0.15, 0.2) is 0 Å². The Morgan fingerprint density at radius 3 is 2.22 bits per heavy atom. The van der Waals surface area contributed by atoms with E-state index in [2.05, 4.69) is 9.71 Å². The van der Waals surface area contributed by atoms with Gasteiger partial charge >= 0.3 is 6.18 Å². The van der Waals surface area contributed by atoms with Gasteiger partial charge in [-0.15, -0.1) is 0 Å². The molecule has 27 heavy (non-hydrogen) atoms. The monoisotopic (exact) mass is 402 g/mol. The summed E-state index contributed by atoms with van der Waals surface area (Å²) in [6.07, 6.45) is -1.35. The molecule has 4 nitrogen and oxygen atoms in total. The van der Waals surface area contributed by atoms with E-state index < -0.39 is 26.5 Å². The van der Waals surface area contributed by atoms with Gasteiger partial charge in [0, 0.05) is 22.6 Å². The van der Waals surface area contributed by atoms with Crippen molar-refractivity contribution >= 4 is 20.9 Å². The molecule has 1 aliphatic carbocycles. The normalized spacial score (nSPS) is 22.3. The number of hydrogen-bond donors (Lipinski definition) is 2. The van der Waals surface area contributed by atoms with E-state index in [1.807, 2.05) is 0 Å². The molecule has 0 atom stereocenters. The first-order chi connectivity index (χ1) is 12.4. The smallest absolute Gasteiger partial charge is 0.358 e. The lowest BCUT2D eigenvalue weighted by Crippen LogP contribution is -2.45. The Labute approximate surface area is 157 Å². The molecule has 1 aromatic heterocycles. The van der Waals surface area contributed by atoms with Gasteiger partial charge in [0.2, 0.25) is 10.0 Å². The second-order valence-corrected chi connectivity index (χ2v) is 10.8. The number of benzene rings is 1. The highest BCUT2D eigenvalue weighted by Crippen LogP contribution is 2.36. The van der Waals surface area contributed by atoms with Crippen LogP contribution in [0.4, 0.5) is 13.2 Å². The fourth-order valence-electron chi connectivity index (χ4n) is 3.47. The number of rotatable bonds is 3. The molecule has 0 saturated heterocycles. The van der Waals surface area contributed by atoms with Crippen molar-refractivity contribution < 1.29 is 21.6 Å². The highest BCUT2D eigenvalue weighted by atomic mass is 32.2. The number of alkyl halides is 3. The van der Waals surface area contributed by atoms with Crippen LogP contribution in [-0.2, 0) is 16.2 Å². The lowest BCUT2D eigenvalue weighted by molar-refractivity contribution is -0.137. The lowest BCUT2D eigenvalue weighted by atomic mass is 9.84. The van der Waals surface area contributed by atoms with Crippen LogP contribution in [-0.4, -0.2) is 24.2 Å². The van der Waals surface area contributed by atoms with Crippen LogP contribution in [0.1, 0.15) is 63.6 Å². The van der Waals surface area contributed by atoms with Gasteiger partial charge in [0.05, 0.1) is 10.3 Å². The van der Waals surface area contributed by atoms with Crippen molar-refractivity contribution in [1.82, 2.24) is 9.71 Å². The van der Waals surface area contributed by atoms with E-state index in [4.69, 9.17) is 0 Å². The first-order valence-electron chi connectivity index (χ1n) is 9.08. The SMILES string of the molecule is CC(C)(C)S(=O)(=O)NC1CCC(c2cc3cc(C(F)(F)F)ccc3[nH]2)CC1. The van der Waals surface area contributed by atoms with Gasteiger partial charge in [-0.25, -0.2) is 13.1 Å². The van der Waals surface area contributed by atoms with Crippen molar-refractivity contribution in [3.8, 4) is 0 Å². The highest BCUT2D eigenvalue weighted by Gasteiger charge is 2.34. The quantitative estimate of drug-likeness (QED) is 0.765. The molecule has 0 aliphatic heterocycles. The number of fused-ring (bicyclic) bond motifs is 1. The molecule has 0 amide bonds. The molecule has 1 aliphatic rings. The first kappa shape index (κ1) is 20.2. The van der Waals surface area contributed by atoms with Gasteiger partial charge in [-0.2, -0.15) is 13.2 Å². The van der Waals surface area contributed by atoms with Crippen LogP contribution < -0.4 is 4.72 Å². The van der Waals surface area contributed by atoms with Crippen molar-refractivity contribution in [2.24, 2.45) is 0 Å². The van der Waals surface area contributed by atoms with Crippen molar-refractivity contribution in [3.63, 3.8) is 0 Å².